The third-order valence-corrected chi connectivity index (χ3v) is 3.80. The van der Waals surface area contributed by atoms with E-state index >= 15 is 0 Å². The summed E-state index contributed by atoms with van der Waals surface area (Å²) in [5.74, 6) is 1.10. The standard InChI is InChI=1S/C15H20ClN3O/c1-4-11(8-13-10-19(5-2)18-17-13)12-6-7-15(20-3)14(16)9-12/h6-7,9-11H,4-5,8H2,1-3H3. The van der Waals surface area contributed by atoms with Crippen molar-refractivity contribution < 1.29 is 4.74 Å². The van der Waals surface area contributed by atoms with Gasteiger partial charge >= 0.3 is 0 Å². The number of hydrogen-bond acceptors (Lipinski definition) is 3. The molecular weight excluding hydrogens is 274 g/mol. The first kappa shape index (κ1) is 14.9. The molecule has 0 fully saturated rings. The SMILES string of the molecule is CCC(Cc1cn(CC)nn1)c1ccc(OC)c(Cl)c1. The minimum absolute atomic E-state index is 0.389. The van der Waals surface area contributed by atoms with Crippen molar-refractivity contribution in [1.82, 2.24) is 15.0 Å². The van der Waals surface area contributed by atoms with Crippen LogP contribution >= 0.6 is 11.6 Å². The van der Waals surface area contributed by atoms with E-state index in [1.165, 1.54) is 5.56 Å². The van der Waals surface area contributed by atoms with Crippen molar-refractivity contribution in [3.8, 4) is 5.75 Å². The van der Waals surface area contributed by atoms with Gasteiger partial charge in [0, 0.05) is 12.7 Å². The minimum atomic E-state index is 0.389. The number of rotatable bonds is 6. The lowest BCUT2D eigenvalue weighted by molar-refractivity contribution is 0.414. The van der Waals surface area contributed by atoms with Crippen molar-refractivity contribution in [3.05, 3.63) is 40.7 Å². The summed E-state index contributed by atoms with van der Waals surface area (Å²) in [7, 11) is 1.63. The molecule has 1 unspecified atom stereocenters. The van der Waals surface area contributed by atoms with Gasteiger partial charge in [0.15, 0.2) is 0 Å². The van der Waals surface area contributed by atoms with Crippen molar-refractivity contribution >= 4 is 11.6 Å². The first-order valence-corrected chi connectivity index (χ1v) is 7.28. The maximum Gasteiger partial charge on any atom is 0.137 e. The van der Waals surface area contributed by atoms with Crippen LogP contribution in [-0.4, -0.2) is 22.1 Å². The zero-order valence-electron chi connectivity index (χ0n) is 12.1. The minimum Gasteiger partial charge on any atom is -0.495 e. The van der Waals surface area contributed by atoms with E-state index in [-0.39, 0.29) is 0 Å². The molecule has 108 valence electrons. The molecule has 0 spiro atoms. The molecule has 0 bridgehead atoms. The fourth-order valence-corrected chi connectivity index (χ4v) is 2.54. The molecule has 1 aromatic heterocycles. The lowest BCUT2D eigenvalue weighted by Crippen LogP contribution is -2.02. The molecule has 5 heteroatoms. The lowest BCUT2D eigenvalue weighted by Gasteiger charge is -2.15. The summed E-state index contributed by atoms with van der Waals surface area (Å²) in [4.78, 5) is 0. The van der Waals surface area contributed by atoms with Gasteiger partial charge in [0.25, 0.3) is 0 Å². The fraction of sp³-hybridized carbons (Fsp3) is 0.467. The largest absolute Gasteiger partial charge is 0.495 e. The van der Waals surface area contributed by atoms with Gasteiger partial charge in [-0.2, -0.15) is 0 Å². The Labute approximate surface area is 124 Å². The first-order valence-electron chi connectivity index (χ1n) is 6.90. The van der Waals surface area contributed by atoms with E-state index in [0.717, 1.165) is 25.1 Å². The average molecular weight is 294 g/mol. The smallest absolute Gasteiger partial charge is 0.137 e. The maximum atomic E-state index is 6.20. The van der Waals surface area contributed by atoms with E-state index in [0.29, 0.717) is 16.7 Å². The normalized spacial score (nSPS) is 12.4. The number of methoxy groups -OCH3 is 1. The van der Waals surface area contributed by atoms with Crippen LogP contribution in [0.5, 0.6) is 5.75 Å². The van der Waals surface area contributed by atoms with E-state index in [2.05, 4.69) is 30.2 Å². The molecule has 20 heavy (non-hydrogen) atoms. The third kappa shape index (κ3) is 3.31. The van der Waals surface area contributed by atoms with Gasteiger partial charge in [-0.05, 0) is 43.4 Å². The van der Waals surface area contributed by atoms with Gasteiger partial charge in [0.05, 0.1) is 17.8 Å². The summed E-state index contributed by atoms with van der Waals surface area (Å²) in [6.45, 7) is 5.07. The Hall–Kier alpha value is -1.55. The number of nitrogens with zero attached hydrogens (tertiary/aromatic N) is 3. The van der Waals surface area contributed by atoms with Crippen LogP contribution in [0.4, 0.5) is 0 Å². The van der Waals surface area contributed by atoms with Crippen LogP contribution < -0.4 is 4.74 Å². The summed E-state index contributed by atoms with van der Waals surface area (Å²) >= 11 is 6.20. The van der Waals surface area contributed by atoms with Crippen LogP contribution in [0.3, 0.4) is 0 Å². The molecule has 1 atom stereocenters. The van der Waals surface area contributed by atoms with Crippen molar-refractivity contribution in [2.75, 3.05) is 7.11 Å². The summed E-state index contributed by atoms with van der Waals surface area (Å²) in [6, 6.07) is 5.98. The van der Waals surface area contributed by atoms with Crippen molar-refractivity contribution in [1.29, 1.82) is 0 Å². The second-order valence-electron chi connectivity index (χ2n) is 4.77. The van der Waals surface area contributed by atoms with Crippen LogP contribution in [-0.2, 0) is 13.0 Å². The molecule has 1 aromatic carbocycles. The molecule has 0 aliphatic rings. The Morgan fingerprint density at radius 2 is 2.15 bits per heavy atom. The van der Waals surface area contributed by atoms with Crippen molar-refractivity contribution in [2.24, 2.45) is 0 Å². The topological polar surface area (TPSA) is 39.9 Å². The number of hydrogen-bond donors (Lipinski definition) is 0. The molecule has 0 saturated heterocycles. The average Bonchev–Trinajstić information content (AvgIpc) is 2.92. The molecule has 0 amide bonds. The highest BCUT2D eigenvalue weighted by Crippen LogP contribution is 2.31. The highest BCUT2D eigenvalue weighted by atomic mass is 35.5. The number of ether oxygens (including phenoxy) is 1. The number of benzene rings is 1. The number of aromatic nitrogens is 3. The fourth-order valence-electron chi connectivity index (χ4n) is 2.27. The lowest BCUT2D eigenvalue weighted by atomic mass is 9.92. The molecule has 4 nitrogen and oxygen atoms in total. The second kappa shape index (κ2) is 6.75. The Morgan fingerprint density at radius 3 is 2.70 bits per heavy atom. The number of aryl methyl sites for hydroxylation is 1. The monoisotopic (exact) mass is 293 g/mol. The van der Waals surface area contributed by atoms with Gasteiger partial charge < -0.3 is 4.74 Å². The van der Waals surface area contributed by atoms with E-state index < -0.39 is 0 Å². The van der Waals surface area contributed by atoms with E-state index in [4.69, 9.17) is 16.3 Å². The van der Waals surface area contributed by atoms with Crippen LogP contribution in [0, 0.1) is 0 Å². The first-order chi connectivity index (χ1) is 9.67. The van der Waals surface area contributed by atoms with Gasteiger partial charge in [0.1, 0.15) is 5.75 Å². The molecule has 1 heterocycles. The van der Waals surface area contributed by atoms with E-state index in [1.54, 1.807) is 7.11 Å². The quantitative estimate of drug-likeness (QED) is 0.815. The highest BCUT2D eigenvalue weighted by Gasteiger charge is 2.14. The van der Waals surface area contributed by atoms with Crippen LogP contribution in [0.25, 0.3) is 0 Å². The zero-order valence-corrected chi connectivity index (χ0v) is 12.9. The van der Waals surface area contributed by atoms with Gasteiger partial charge in [-0.3, -0.25) is 4.68 Å². The van der Waals surface area contributed by atoms with Gasteiger partial charge in [-0.15, -0.1) is 5.10 Å². The van der Waals surface area contributed by atoms with E-state index in [9.17, 15) is 0 Å². The molecule has 0 aliphatic heterocycles. The van der Waals surface area contributed by atoms with E-state index in [1.807, 2.05) is 23.0 Å². The Kier molecular flexibility index (Phi) is 5.01. The van der Waals surface area contributed by atoms with Crippen molar-refractivity contribution in [2.45, 2.75) is 39.2 Å². The molecule has 0 saturated carbocycles. The predicted molar refractivity (Wildman–Crippen MR) is 80.4 cm³/mol. The molecular formula is C15H20ClN3O. The summed E-state index contributed by atoms with van der Waals surface area (Å²) in [6.07, 6.45) is 3.91. The molecule has 0 N–H and O–H groups in total. The summed E-state index contributed by atoms with van der Waals surface area (Å²) in [5.41, 5.74) is 2.23. The van der Waals surface area contributed by atoms with Gasteiger partial charge in [-0.1, -0.05) is 29.8 Å². The molecule has 2 aromatic rings. The molecule has 2 rings (SSSR count). The summed E-state index contributed by atoms with van der Waals surface area (Å²) in [5, 5.41) is 8.95. The Morgan fingerprint density at radius 1 is 1.35 bits per heavy atom. The zero-order chi connectivity index (χ0) is 14.5. The maximum absolute atomic E-state index is 6.20. The van der Waals surface area contributed by atoms with Crippen LogP contribution in [0.1, 0.15) is 37.4 Å². The Balaban J connectivity index is 2.17. The molecule has 0 aliphatic carbocycles. The van der Waals surface area contributed by atoms with Gasteiger partial charge in [-0.25, -0.2) is 0 Å². The second-order valence-corrected chi connectivity index (χ2v) is 5.18. The third-order valence-electron chi connectivity index (χ3n) is 3.51. The van der Waals surface area contributed by atoms with Crippen LogP contribution in [0.15, 0.2) is 24.4 Å². The van der Waals surface area contributed by atoms with Gasteiger partial charge in [0.2, 0.25) is 0 Å². The predicted octanol–water partition coefficient (Wildman–Crippen LogP) is 3.70. The number of halogens is 1. The summed E-state index contributed by atoms with van der Waals surface area (Å²) < 4.78 is 7.04. The molecule has 0 radical (unpaired) electrons. The highest BCUT2D eigenvalue weighted by molar-refractivity contribution is 6.32. The van der Waals surface area contributed by atoms with Crippen LogP contribution in [0.2, 0.25) is 5.02 Å². The van der Waals surface area contributed by atoms with Crippen molar-refractivity contribution in [3.63, 3.8) is 0 Å². The Bertz CT molecular complexity index is 568.